The molecule has 1 spiro atoms. The van der Waals surface area contributed by atoms with Crippen LogP contribution in [0.15, 0.2) is 90.3 Å². The highest BCUT2D eigenvalue weighted by Gasteiger charge is 2.45. The molecule has 61 heavy (non-hydrogen) atoms. The molecule has 320 valence electrons. The number of carbonyl (C=O) groups excluding carboxylic acids is 5. The van der Waals surface area contributed by atoms with E-state index >= 15 is 0 Å². The number of nitrogens with one attached hydrogen (secondary N) is 5. The second kappa shape index (κ2) is 18.2. The van der Waals surface area contributed by atoms with Crippen LogP contribution in [0, 0.1) is 16.7 Å². The van der Waals surface area contributed by atoms with Gasteiger partial charge < -0.3 is 36.2 Å². The van der Waals surface area contributed by atoms with Gasteiger partial charge in [-0.25, -0.2) is 4.79 Å². The summed E-state index contributed by atoms with van der Waals surface area (Å²) in [4.78, 5) is 69.0. The van der Waals surface area contributed by atoms with Crippen molar-refractivity contribution in [3.8, 4) is 11.5 Å². The van der Waals surface area contributed by atoms with E-state index in [1.54, 1.807) is 48.5 Å². The van der Waals surface area contributed by atoms with E-state index in [2.05, 4.69) is 26.2 Å². The quantitative estimate of drug-likeness (QED) is 0.114. The number of likely N-dealkylation sites (tertiary alicyclic amines) is 2. The minimum Gasteiger partial charge on any atom is -0.457 e. The molecule has 0 unspecified atom stereocenters. The Kier molecular flexibility index (Phi) is 12.4. The minimum atomic E-state index is -0.678. The minimum absolute atomic E-state index is 0.0337. The van der Waals surface area contributed by atoms with Gasteiger partial charge in [-0.3, -0.25) is 34.8 Å². The van der Waals surface area contributed by atoms with Gasteiger partial charge in [0.05, 0.1) is 5.71 Å². The molecule has 0 radical (unpaired) electrons. The predicted octanol–water partition coefficient (Wildman–Crippen LogP) is 4.24. The molecule has 0 aromatic heterocycles. The first kappa shape index (κ1) is 41.5. The summed E-state index contributed by atoms with van der Waals surface area (Å²) in [6, 6.07) is 23.1. The summed E-state index contributed by atoms with van der Waals surface area (Å²) in [6.45, 7) is 5.01. The smallest absolute Gasteiger partial charge is 0.328 e. The van der Waals surface area contributed by atoms with Crippen LogP contribution < -0.4 is 36.6 Å². The molecule has 3 aromatic rings. The van der Waals surface area contributed by atoms with Crippen molar-refractivity contribution in [2.45, 2.75) is 69.9 Å². The van der Waals surface area contributed by atoms with Crippen molar-refractivity contribution >= 4 is 41.1 Å². The second-order valence-electron chi connectivity index (χ2n) is 17.1. The van der Waals surface area contributed by atoms with E-state index in [1.165, 1.54) is 4.90 Å². The van der Waals surface area contributed by atoms with Crippen LogP contribution in [-0.2, 0) is 14.4 Å². The number of benzene rings is 3. The Morgan fingerprint density at radius 1 is 0.852 bits per heavy atom. The molecular formula is C46H55N9O6. The molecule has 3 aromatic carbocycles. The van der Waals surface area contributed by atoms with Crippen molar-refractivity contribution in [2.75, 3.05) is 50.7 Å². The van der Waals surface area contributed by atoms with E-state index < -0.39 is 11.9 Å². The Labute approximate surface area is 355 Å². The fourth-order valence-electron chi connectivity index (χ4n) is 9.61. The predicted molar refractivity (Wildman–Crippen MR) is 230 cm³/mol. The Hall–Kier alpha value is -6.22. The SMILES string of the molecule is N=C(/C(C(N)=O)=C1/NCC[C@@H](C2CCN(C(=O)CCN3CC4(CCC(NC(=O)c5cccc(N6CCC(=O)NC6=O)c5)CC4)C3)CC2)N1)c1ccc(Oc2ccccc2)cc1. The zero-order chi connectivity index (χ0) is 42.5. The third-order valence-electron chi connectivity index (χ3n) is 13.0. The number of ether oxygens (including phenoxy) is 1. The van der Waals surface area contributed by atoms with E-state index in [1.807, 2.05) is 35.2 Å². The van der Waals surface area contributed by atoms with E-state index in [0.29, 0.717) is 66.1 Å². The van der Waals surface area contributed by atoms with Crippen LogP contribution in [0.4, 0.5) is 10.5 Å². The Morgan fingerprint density at radius 2 is 1.57 bits per heavy atom. The molecule has 7 N–H and O–H groups in total. The molecule has 4 saturated heterocycles. The van der Waals surface area contributed by atoms with Crippen molar-refractivity contribution in [1.29, 1.82) is 5.41 Å². The van der Waals surface area contributed by atoms with Gasteiger partial charge in [0, 0.05) is 87.6 Å². The molecule has 5 aliphatic rings. The van der Waals surface area contributed by atoms with Crippen molar-refractivity contribution in [3.05, 3.63) is 101 Å². The Bertz CT molecular complexity index is 2170. The monoisotopic (exact) mass is 829 g/mol. The molecule has 15 heteroatoms. The first-order valence-electron chi connectivity index (χ1n) is 21.5. The highest BCUT2D eigenvalue weighted by molar-refractivity contribution is 6.26. The summed E-state index contributed by atoms with van der Waals surface area (Å²) in [6.07, 6.45) is 7.15. The topological polar surface area (TPSA) is 202 Å². The van der Waals surface area contributed by atoms with Gasteiger partial charge >= 0.3 is 6.03 Å². The van der Waals surface area contributed by atoms with Crippen LogP contribution in [-0.4, -0.2) is 103 Å². The van der Waals surface area contributed by atoms with Gasteiger partial charge in [0.2, 0.25) is 11.8 Å². The van der Waals surface area contributed by atoms with Crippen LogP contribution in [0.3, 0.4) is 0 Å². The molecule has 1 atom stereocenters. The number of primary amides is 1. The fraction of sp³-hybridized carbons (Fsp3) is 0.435. The lowest BCUT2D eigenvalue weighted by atomic mass is 9.67. The van der Waals surface area contributed by atoms with E-state index in [4.69, 9.17) is 15.9 Å². The molecule has 15 nitrogen and oxygen atoms in total. The van der Waals surface area contributed by atoms with Crippen molar-refractivity contribution in [2.24, 2.45) is 17.1 Å². The summed E-state index contributed by atoms with van der Waals surface area (Å²) in [5, 5.41) is 21.2. The summed E-state index contributed by atoms with van der Waals surface area (Å²) in [7, 11) is 0. The van der Waals surface area contributed by atoms with Crippen molar-refractivity contribution in [1.82, 2.24) is 31.1 Å². The maximum atomic E-state index is 13.3. The number of nitrogens with zero attached hydrogens (tertiary/aromatic N) is 3. The van der Waals surface area contributed by atoms with Gasteiger partial charge in [-0.05, 0) is 111 Å². The number of hydrogen-bond donors (Lipinski definition) is 6. The fourth-order valence-corrected chi connectivity index (χ4v) is 9.61. The number of carbonyl (C=O) groups is 5. The first-order valence-corrected chi connectivity index (χ1v) is 21.5. The number of imide groups is 1. The number of nitrogens with two attached hydrogens (primary N) is 1. The van der Waals surface area contributed by atoms with Crippen LogP contribution >= 0.6 is 0 Å². The molecule has 8 rings (SSSR count). The molecule has 4 heterocycles. The maximum Gasteiger partial charge on any atom is 0.328 e. The summed E-state index contributed by atoms with van der Waals surface area (Å²) in [5.74, 6) is 1.18. The van der Waals surface area contributed by atoms with Gasteiger partial charge in [-0.2, -0.15) is 0 Å². The maximum absolute atomic E-state index is 13.3. The normalized spacial score (nSPS) is 21.7. The van der Waals surface area contributed by atoms with Crippen LogP contribution in [0.2, 0.25) is 0 Å². The largest absolute Gasteiger partial charge is 0.457 e. The Morgan fingerprint density at radius 3 is 2.28 bits per heavy atom. The third kappa shape index (κ3) is 9.72. The number of piperidine rings is 1. The van der Waals surface area contributed by atoms with Crippen LogP contribution in [0.1, 0.15) is 73.7 Å². The standard InChI is InChI=1S/C46H55N9O6/c47-41(31-9-11-36(12-10-31)61-35-7-2-1-3-8-35)40(42(48)58)43-49-22-15-37(51-43)30-16-24-54(25-17-30)39(57)19-23-53-28-46(29-53)20-13-33(14-21-46)50-44(59)32-5-4-6-34(27-32)55-26-18-38(56)52-45(55)60/h1-12,27,30,33,37,47,49,51H,13-26,28-29H2,(H2,48,58)(H,50,59)(H,52,56,60)/b43-40+,47-41?/t37-/m0/s1. The average Bonchev–Trinajstić information content (AvgIpc) is 3.26. The van der Waals surface area contributed by atoms with Crippen molar-refractivity contribution < 1.29 is 28.7 Å². The van der Waals surface area contributed by atoms with Gasteiger partial charge in [0.25, 0.3) is 11.8 Å². The van der Waals surface area contributed by atoms with E-state index in [9.17, 15) is 24.0 Å². The second-order valence-corrected chi connectivity index (χ2v) is 17.1. The van der Waals surface area contributed by atoms with Gasteiger partial charge in [0.1, 0.15) is 22.9 Å². The zero-order valence-corrected chi connectivity index (χ0v) is 34.4. The zero-order valence-electron chi connectivity index (χ0n) is 34.4. The van der Waals surface area contributed by atoms with Gasteiger partial charge in [-0.15, -0.1) is 0 Å². The molecule has 4 aliphatic heterocycles. The third-order valence-corrected chi connectivity index (χ3v) is 13.0. The molecule has 1 saturated carbocycles. The van der Waals surface area contributed by atoms with E-state index in [-0.39, 0.29) is 59.5 Å². The highest BCUT2D eigenvalue weighted by atomic mass is 16.5. The Balaban J connectivity index is 0.751. The van der Waals surface area contributed by atoms with Crippen LogP contribution in [0.25, 0.3) is 0 Å². The lowest BCUT2D eigenvalue weighted by molar-refractivity contribution is -0.134. The summed E-state index contributed by atoms with van der Waals surface area (Å²) >= 11 is 0. The molecule has 0 bridgehead atoms. The molecule has 6 amide bonds. The number of anilines is 1. The number of amides is 6. The average molecular weight is 830 g/mol. The number of hydrogen-bond acceptors (Lipinski definition) is 10. The molecule has 1 aliphatic carbocycles. The summed E-state index contributed by atoms with van der Waals surface area (Å²) < 4.78 is 5.89. The highest BCUT2D eigenvalue weighted by Crippen LogP contribution is 2.44. The lowest BCUT2D eigenvalue weighted by Gasteiger charge is -2.53. The summed E-state index contributed by atoms with van der Waals surface area (Å²) in [5.41, 5.74) is 7.88. The van der Waals surface area contributed by atoms with E-state index in [0.717, 1.165) is 64.6 Å². The molecule has 5 fully saturated rings. The molecular weight excluding hydrogens is 775 g/mol. The van der Waals surface area contributed by atoms with Gasteiger partial charge in [0.15, 0.2) is 0 Å². The first-order chi connectivity index (χ1) is 29.5. The number of urea groups is 1. The van der Waals surface area contributed by atoms with Crippen LogP contribution in [0.5, 0.6) is 11.5 Å². The number of para-hydroxylation sites is 1. The van der Waals surface area contributed by atoms with Gasteiger partial charge in [-0.1, -0.05) is 24.3 Å². The van der Waals surface area contributed by atoms with Crippen molar-refractivity contribution in [3.63, 3.8) is 0 Å². The lowest BCUT2D eigenvalue weighted by Crippen LogP contribution is -2.59. The number of rotatable bonds is 12.